The van der Waals surface area contributed by atoms with Crippen LogP contribution in [0.5, 0.6) is 5.75 Å². The molecule has 0 amide bonds. The number of hydrogen-bond acceptors (Lipinski definition) is 4. The molecule has 5 heteroatoms. The van der Waals surface area contributed by atoms with Crippen LogP contribution in [0.4, 0.5) is 0 Å². The summed E-state index contributed by atoms with van der Waals surface area (Å²) in [6, 6.07) is 8.50. The molecule has 2 rings (SSSR count). The Morgan fingerprint density at radius 2 is 1.96 bits per heavy atom. The van der Waals surface area contributed by atoms with E-state index in [0.717, 1.165) is 55.9 Å². The highest BCUT2D eigenvalue weighted by Crippen LogP contribution is 2.26. The first kappa shape index (κ1) is 18.3. The molecule has 1 atom stereocenters. The molecular formula is C18H26BrN3O. The molecule has 1 aliphatic rings. The van der Waals surface area contributed by atoms with Gasteiger partial charge < -0.3 is 4.74 Å². The molecule has 0 N–H and O–H groups in total. The van der Waals surface area contributed by atoms with Crippen LogP contribution < -0.4 is 4.74 Å². The summed E-state index contributed by atoms with van der Waals surface area (Å²) in [4.78, 5) is 4.84. The van der Waals surface area contributed by atoms with Crippen molar-refractivity contribution in [2.45, 2.75) is 39.3 Å². The van der Waals surface area contributed by atoms with E-state index in [-0.39, 0.29) is 6.10 Å². The van der Waals surface area contributed by atoms with Gasteiger partial charge >= 0.3 is 0 Å². The Bertz CT molecular complexity index is 536. The van der Waals surface area contributed by atoms with Gasteiger partial charge in [0.2, 0.25) is 0 Å². The number of ether oxygens (including phenoxy) is 1. The number of nitriles is 1. The summed E-state index contributed by atoms with van der Waals surface area (Å²) in [5, 5.41) is 8.69. The van der Waals surface area contributed by atoms with Gasteiger partial charge in [0.15, 0.2) is 0 Å². The second kappa shape index (κ2) is 9.27. The number of hydrogen-bond donors (Lipinski definition) is 0. The highest BCUT2D eigenvalue weighted by atomic mass is 79.9. The van der Waals surface area contributed by atoms with E-state index in [1.54, 1.807) is 0 Å². The Hall–Kier alpha value is -1.09. The zero-order chi connectivity index (χ0) is 16.7. The maximum atomic E-state index is 8.69. The molecule has 0 spiro atoms. The van der Waals surface area contributed by atoms with E-state index >= 15 is 0 Å². The highest BCUT2D eigenvalue weighted by Gasteiger charge is 2.18. The van der Waals surface area contributed by atoms with Gasteiger partial charge in [-0.1, -0.05) is 22.9 Å². The monoisotopic (exact) mass is 379 g/mol. The molecule has 0 radical (unpaired) electrons. The third-order valence-electron chi connectivity index (χ3n) is 4.32. The van der Waals surface area contributed by atoms with Gasteiger partial charge in [-0.25, -0.2) is 0 Å². The summed E-state index contributed by atoms with van der Waals surface area (Å²) < 4.78 is 7.17. The summed E-state index contributed by atoms with van der Waals surface area (Å²) in [7, 11) is 0. The van der Waals surface area contributed by atoms with Gasteiger partial charge in [0.25, 0.3) is 0 Å². The largest absolute Gasteiger partial charge is 0.490 e. The second-order valence-electron chi connectivity index (χ2n) is 6.11. The Labute approximate surface area is 148 Å². The van der Waals surface area contributed by atoms with E-state index in [1.165, 1.54) is 5.56 Å². The fourth-order valence-electron chi connectivity index (χ4n) is 2.71. The zero-order valence-electron chi connectivity index (χ0n) is 14.1. The predicted molar refractivity (Wildman–Crippen MR) is 96.5 cm³/mol. The Morgan fingerprint density at radius 1 is 1.26 bits per heavy atom. The van der Waals surface area contributed by atoms with E-state index in [2.05, 4.69) is 57.8 Å². The van der Waals surface area contributed by atoms with Crippen molar-refractivity contribution in [2.24, 2.45) is 0 Å². The van der Waals surface area contributed by atoms with Gasteiger partial charge in [-0.2, -0.15) is 5.26 Å². The van der Waals surface area contributed by atoms with E-state index in [0.29, 0.717) is 6.42 Å². The minimum absolute atomic E-state index is 0.234. The fraction of sp³-hybridized carbons (Fsp3) is 0.611. The number of piperazine rings is 1. The summed E-state index contributed by atoms with van der Waals surface area (Å²) in [6.45, 7) is 10.2. The summed E-state index contributed by atoms with van der Waals surface area (Å²) in [6.07, 6.45) is 1.86. The van der Waals surface area contributed by atoms with Gasteiger partial charge in [0.05, 0.1) is 12.2 Å². The van der Waals surface area contributed by atoms with Crippen LogP contribution in [-0.2, 0) is 6.54 Å². The van der Waals surface area contributed by atoms with E-state index in [1.807, 2.05) is 6.07 Å². The van der Waals surface area contributed by atoms with Crippen LogP contribution in [0.25, 0.3) is 0 Å². The van der Waals surface area contributed by atoms with Gasteiger partial charge in [0.1, 0.15) is 5.75 Å². The van der Waals surface area contributed by atoms with Gasteiger partial charge in [-0.15, -0.1) is 0 Å². The first-order chi connectivity index (χ1) is 11.1. The van der Waals surface area contributed by atoms with Crippen molar-refractivity contribution in [3.8, 4) is 11.8 Å². The lowest BCUT2D eigenvalue weighted by Crippen LogP contribution is -2.46. The van der Waals surface area contributed by atoms with Gasteiger partial charge in [-0.05, 0) is 31.5 Å². The van der Waals surface area contributed by atoms with Crippen molar-refractivity contribution in [3.63, 3.8) is 0 Å². The average molecular weight is 380 g/mol. The third kappa shape index (κ3) is 5.80. The Kier molecular flexibility index (Phi) is 7.35. The van der Waals surface area contributed by atoms with Crippen molar-refractivity contribution >= 4 is 15.9 Å². The van der Waals surface area contributed by atoms with Crippen LogP contribution in [0.2, 0.25) is 0 Å². The summed E-state index contributed by atoms with van der Waals surface area (Å²) in [5.74, 6) is 0.995. The maximum Gasteiger partial charge on any atom is 0.124 e. The molecule has 126 valence electrons. The molecule has 1 heterocycles. The zero-order valence-corrected chi connectivity index (χ0v) is 15.7. The number of rotatable bonds is 7. The second-order valence-corrected chi connectivity index (χ2v) is 7.03. The standard InChI is InChI=1S/C18H26BrN3O/c1-3-15(2)23-18-6-5-17(19)13-16(18)14-22-11-9-21(10-12-22)8-4-7-20/h5-6,13,15H,3-4,8-12,14H2,1-2H3. The fourth-order valence-corrected chi connectivity index (χ4v) is 3.12. The van der Waals surface area contributed by atoms with Crippen LogP contribution in [-0.4, -0.2) is 48.6 Å². The number of benzene rings is 1. The maximum absolute atomic E-state index is 8.69. The van der Waals surface area contributed by atoms with Crippen molar-refractivity contribution in [1.82, 2.24) is 9.80 Å². The minimum Gasteiger partial charge on any atom is -0.490 e. The molecule has 1 unspecified atom stereocenters. The van der Waals surface area contributed by atoms with Crippen molar-refractivity contribution in [2.75, 3.05) is 32.7 Å². The molecule has 1 saturated heterocycles. The normalized spacial score (nSPS) is 17.7. The molecular weight excluding hydrogens is 354 g/mol. The number of nitrogens with zero attached hydrogens (tertiary/aromatic N) is 3. The van der Waals surface area contributed by atoms with E-state index in [9.17, 15) is 0 Å². The third-order valence-corrected chi connectivity index (χ3v) is 4.82. The van der Waals surface area contributed by atoms with Crippen LogP contribution in [0.15, 0.2) is 22.7 Å². The molecule has 0 saturated carbocycles. The lowest BCUT2D eigenvalue weighted by molar-refractivity contribution is 0.127. The highest BCUT2D eigenvalue weighted by molar-refractivity contribution is 9.10. The molecule has 0 aromatic heterocycles. The number of halogens is 1. The lowest BCUT2D eigenvalue weighted by atomic mass is 10.1. The van der Waals surface area contributed by atoms with Crippen LogP contribution in [0, 0.1) is 11.3 Å². The van der Waals surface area contributed by atoms with Crippen molar-refractivity contribution < 1.29 is 4.74 Å². The summed E-state index contributed by atoms with van der Waals surface area (Å²) >= 11 is 3.57. The first-order valence-corrected chi connectivity index (χ1v) is 9.18. The molecule has 0 bridgehead atoms. The molecule has 23 heavy (non-hydrogen) atoms. The van der Waals surface area contributed by atoms with Crippen LogP contribution >= 0.6 is 15.9 Å². The Balaban J connectivity index is 1.95. The summed E-state index contributed by atoms with van der Waals surface area (Å²) in [5.41, 5.74) is 1.24. The van der Waals surface area contributed by atoms with Crippen molar-refractivity contribution in [1.29, 1.82) is 5.26 Å². The van der Waals surface area contributed by atoms with Crippen LogP contribution in [0.1, 0.15) is 32.3 Å². The van der Waals surface area contributed by atoms with Gasteiger partial charge in [0, 0.05) is 55.7 Å². The molecule has 0 aliphatic carbocycles. The molecule has 1 fully saturated rings. The predicted octanol–water partition coefficient (Wildman–Crippen LogP) is 3.66. The van der Waals surface area contributed by atoms with E-state index < -0.39 is 0 Å². The molecule has 1 aliphatic heterocycles. The smallest absolute Gasteiger partial charge is 0.124 e. The lowest BCUT2D eigenvalue weighted by Gasteiger charge is -2.34. The minimum atomic E-state index is 0.234. The molecule has 4 nitrogen and oxygen atoms in total. The first-order valence-electron chi connectivity index (χ1n) is 8.39. The Morgan fingerprint density at radius 3 is 2.61 bits per heavy atom. The van der Waals surface area contributed by atoms with E-state index in [4.69, 9.17) is 10.00 Å². The topological polar surface area (TPSA) is 39.5 Å². The van der Waals surface area contributed by atoms with Crippen LogP contribution in [0.3, 0.4) is 0 Å². The quantitative estimate of drug-likeness (QED) is 0.724. The van der Waals surface area contributed by atoms with Gasteiger partial charge in [-0.3, -0.25) is 9.80 Å². The SMILES string of the molecule is CCC(C)Oc1ccc(Br)cc1CN1CCN(CCC#N)CC1. The van der Waals surface area contributed by atoms with Crippen molar-refractivity contribution in [3.05, 3.63) is 28.2 Å². The average Bonchev–Trinajstić information content (AvgIpc) is 2.56. The molecule has 1 aromatic carbocycles. The molecule has 1 aromatic rings.